The number of nitrogens with one attached hydrogen (secondary N) is 1. The number of benzene rings is 2. The molecule has 2 aromatic rings. The number of halogens is 2. The Bertz CT molecular complexity index is 584. The molecule has 1 unspecified atom stereocenters. The summed E-state index contributed by atoms with van der Waals surface area (Å²) in [6, 6.07) is 10.8. The maximum atomic E-state index is 13.5. The van der Waals surface area contributed by atoms with Crippen molar-refractivity contribution in [3.8, 4) is 5.75 Å². The lowest BCUT2D eigenvalue weighted by atomic mass is 10.1. The zero-order valence-corrected chi connectivity index (χ0v) is 11.9. The van der Waals surface area contributed by atoms with Crippen molar-refractivity contribution in [2.75, 3.05) is 0 Å². The SMILES string of the molecule is CC(CCc1ccc(O)cc1)NCc1cc(F)ccc1F. The smallest absolute Gasteiger partial charge is 0.127 e. The van der Waals surface area contributed by atoms with Crippen LogP contribution >= 0.6 is 0 Å². The fourth-order valence-corrected chi connectivity index (χ4v) is 2.11. The third kappa shape index (κ3) is 4.83. The maximum Gasteiger partial charge on any atom is 0.127 e. The molecule has 0 amide bonds. The first-order valence-electron chi connectivity index (χ1n) is 7.00. The quantitative estimate of drug-likeness (QED) is 0.849. The molecule has 0 fully saturated rings. The average molecular weight is 291 g/mol. The highest BCUT2D eigenvalue weighted by Gasteiger charge is 2.07. The Kier molecular flexibility index (Phi) is 5.28. The van der Waals surface area contributed by atoms with Crippen LogP contribution in [-0.4, -0.2) is 11.1 Å². The van der Waals surface area contributed by atoms with Crippen molar-refractivity contribution < 1.29 is 13.9 Å². The van der Waals surface area contributed by atoms with Crippen molar-refractivity contribution in [1.29, 1.82) is 0 Å². The monoisotopic (exact) mass is 291 g/mol. The molecule has 112 valence electrons. The highest BCUT2D eigenvalue weighted by molar-refractivity contribution is 5.26. The first-order valence-corrected chi connectivity index (χ1v) is 7.00. The van der Waals surface area contributed by atoms with E-state index in [1.807, 2.05) is 19.1 Å². The molecule has 0 heterocycles. The zero-order chi connectivity index (χ0) is 15.2. The Morgan fingerprint density at radius 3 is 2.52 bits per heavy atom. The molecule has 0 aliphatic heterocycles. The molecule has 0 aromatic heterocycles. The third-order valence-electron chi connectivity index (χ3n) is 3.45. The van der Waals surface area contributed by atoms with Gasteiger partial charge in [-0.3, -0.25) is 0 Å². The van der Waals surface area contributed by atoms with E-state index < -0.39 is 11.6 Å². The number of rotatable bonds is 6. The number of aromatic hydroxyl groups is 1. The van der Waals surface area contributed by atoms with E-state index in [0.717, 1.165) is 30.5 Å². The van der Waals surface area contributed by atoms with E-state index in [-0.39, 0.29) is 11.8 Å². The second-order valence-electron chi connectivity index (χ2n) is 5.22. The van der Waals surface area contributed by atoms with Crippen LogP contribution in [0.3, 0.4) is 0 Å². The summed E-state index contributed by atoms with van der Waals surface area (Å²) in [5, 5.41) is 12.4. The predicted octanol–water partition coefficient (Wildman–Crippen LogP) is 3.78. The predicted molar refractivity (Wildman–Crippen MR) is 79.1 cm³/mol. The topological polar surface area (TPSA) is 32.3 Å². The lowest BCUT2D eigenvalue weighted by molar-refractivity contribution is 0.474. The molecule has 0 saturated heterocycles. The summed E-state index contributed by atoms with van der Waals surface area (Å²) in [4.78, 5) is 0. The first kappa shape index (κ1) is 15.4. The minimum atomic E-state index is -0.426. The van der Waals surface area contributed by atoms with E-state index in [4.69, 9.17) is 0 Å². The minimum absolute atomic E-state index is 0.182. The van der Waals surface area contributed by atoms with Crippen LogP contribution in [0.4, 0.5) is 8.78 Å². The molecule has 0 aliphatic rings. The van der Waals surface area contributed by atoms with Crippen LogP contribution in [0.1, 0.15) is 24.5 Å². The third-order valence-corrected chi connectivity index (χ3v) is 3.45. The average Bonchev–Trinajstić information content (AvgIpc) is 2.47. The molecule has 1 atom stereocenters. The largest absolute Gasteiger partial charge is 0.508 e. The fourth-order valence-electron chi connectivity index (χ4n) is 2.11. The Morgan fingerprint density at radius 1 is 1.10 bits per heavy atom. The van der Waals surface area contributed by atoms with Gasteiger partial charge in [0.1, 0.15) is 17.4 Å². The Labute approximate surface area is 123 Å². The number of hydrogen-bond acceptors (Lipinski definition) is 2. The van der Waals surface area contributed by atoms with Crippen LogP contribution in [0, 0.1) is 11.6 Å². The van der Waals surface area contributed by atoms with E-state index in [0.29, 0.717) is 12.1 Å². The van der Waals surface area contributed by atoms with Crippen molar-refractivity contribution >= 4 is 0 Å². The molecular formula is C17H19F2NO. The van der Waals surface area contributed by atoms with E-state index in [1.54, 1.807) is 12.1 Å². The molecule has 21 heavy (non-hydrogen) atoms. The molecule has 2 rings (SSSR count). The summed E-state index contributed by atoms with van der Waals surface area (Å²) in [6.07, 6.45) is 1.74. The summed E-state index contributed by atoms with van der Waals surface area (Å²) in [5.74, 6) is -0.564. The molecule has 2 aromatic carbocycles. The van der Waals surface area contributed by atoms with E-state index >= 15 is 0 Å². The van der Waals surface area contributed by atoms with Crippen LogP contribution in [0.2, 0.25) is 0 Å². The Balaban J connectivity index is 1.80. The van der Waals surface area contributed by atoms with Gasteiger partial charge >= 0.3 is 0 Å². The summed E-state index contributed by atoms with van der Waals surface area (Å²) in [5.41, 5.74) is 1.48. The van der Waals surface area contributed by atoms with Crippen LogP contribution < -0.4 is 5.32 Å². The molecule has 0 radical (unpaired) electrons. The standard InChI is InChI=1S/C17H19F2NO/c1-12(2-3-13-4-7-16(21)8-5-13)20-11-14-10-15(18)6-9-17(14)19/h4-10,12,20-21H,2-3,11H2,1H3. The second kappa shape index (κ2) is 7.18. The molecule has 0 spiro atoms. The molecular weight excluding hydrogens is 272 g/mol. The van der Waals surface area contributed by atoms with Gasteiger partial charge in [-0.1, -0.05) is 12.1 Å². The van der Waals surface area contributed by atoms with Gasteiger partial charge in [0.05, 0.1) is 0 Å². The molecule has 2 N–H and O–H groups in total. The highest BCUT2D eigenvalue weighted by Crippen LogP contribution is 2.13. The van der Waals surface area contributed by atoms with Crippen molar-refractivity contribution in [2.45, 2.75) is 32.4 Å². The normalized spacial score (nSPS) is 12.3. The van der Waals surface area contributed by atoms with Gasteiger partial charge in [-0.15, -0.1) is 0 Å². The van der Waals surface area contributed by atoms with E-state index in [9.17, 15) is 13.9 Å². The van der Waals surface area contributed by atoms with Crippen molar-refractivity contribution in [2.24, 2.45) is 0 Å². The van der Waals surface area contributed by atoms with Crippen LogP contribution in [0.25, 0.3) is 0 Å². The Morgan fingerprint density at radius 2 is 1.81 bits per heavy atom. The van der Waals surface area contributed by atoms with Gasteiger partial charge in [0.25, 0.3) is 0 Å². The highest BCUT2D eigenvalue weighted by atomic mass is 19.1. The maximum absolute atomic E-state index is 13.5. The Hall–Kier alpha value is -1.94. The number of phenols is 1. The van der Waals surface area contributed by atoms with E-state index in [2.05, 4.69) is 5.32 Å². The van der Waals surface area contributed by atoms with Crippen LogP contribution in [0.5, 0.6) is 5.75 Å². The van der Waals surface area contributed by atoms with Gasteiger partial charge < -0.3 is 10.4 Å². The number of phenolic OH excluding ortho intramolecular Hbond substituents is 1. The van der Waals surface area contributed by atoms with Crippen molar-refractivity contribution in [3.05, 3.63) is 65.2 Å². The summed E-state index contributed by atoms with van der Waals surface area (Å²) in [6.45, 7) is 2.32. The molecule has 0 bridgehead atoms. The summed E-state index contributed by atoms with van der Waals surface area (Å²) >= 11 is 0. The van der Waals surface area contributed by atoms with Gasteiger partial charge in [-0.25, -0.2) is 8.78 Å². The summed E-state index contributed by atoms with van der Waals surface area (Å²) < 4.78 is 26.5. The van der Waals surface area contributed by atoms with E-state index in [1.165, 1.54) is 6.07 Å². The molecule has 2 nitrogen and oxygen atoms in total. The lowest BCUT2D eigenvalue weighted by Crippen LogP contribution is -2.26. The molecule has 0 saturated carbocycles. The van der Waals surface area contributed by atoms with Gasteiger partial charge in [0, 0.05) is 18.2 Å². The number of aryl methyl sites for hydroxylation is 1. The van der Waals surface area contributed by atoms with Gasteiger partial charge in [-0.2, -0.15) is 0 Å². The van der Waals surface area contributed by atoms with Gasteiger partial charge in [-0.05, 0) is 55.7 Å². The van der Waals surface area contributed by atoms with Crippen LogP contribution in [0.15, 0.2) is 42.5 Å². The van der Waals surface area contributed by atoms with Gasteiger partial charge in [0.2, 0.25) is 0 Å². The first-order chi connectivity index (χ1) is 10.0. The lowest BCUT2D eigenvalue weighted by Gasteiger charge is -2.14. The molecule has 4 heteroatoms. The van der Waals surface area contributed by atoms with Crippen molar-refractivity contribution in [3.63, 3.8) is 0 Å². The second-order valence-corrected chi connectivity index (χ2v) is 5.22. The molecule has 0 aliphatic carbocycles. The van der Waals surface area contributed by atoms with Gasteiger partial charge in [0.15, 0.2) is 0 Å². The zero-order valence-electron chi connectivity index (χ0n) is 11.9. The fraction of sp³-hybridized carbons (Fsp3) is 0.294. The summed E-state index contributed by atoms with van der Waals surface area (Å²) in [7, 11) is 0. The van der Waals surface area contributed by atoms with Crippen LogP contribution in [-0.2, 0) is 13.0 Å². The number of hydrogen-bond donors (Lipinski definition) is 2. The minimum Gasteiger partial charge on any atom is -0.508 e. The van der Waals surface area contributed by atoms with Crippen molar-refractivity contribution in [1.82, 2.24) is 5.32 Å².